The van der Waals surface area contributed by atoms with Gasteiger partial charge in [-0.2, -0.15) is 10.4 Å². The molecule has 4 aromatic rings. The molecular weight excluding hydrogens is 632 g/mol. The predicted octanol–water partition coefficient (Wildman–Crippen LogP) is 7.16. The fourth-order valence-electron chi connectivity index (χ4n) is 5.45. The minimum atomic E-state index is -0.476. The minimum absolute atomic E-state index is 0. The number of hydrogen-bond donors (Lipinski definition) is 2. The van der Waals surface area contributed by atoms with E-state index in [1.54, 1.807) is 13.3 Å². The van der Waals surface area contributed by atoms with Crippen molar-refractivity contribution in [2.24, 2.45) is 5.92 Å². The third-order valence-corrected chi connectivity index (χ3v) is 8.74. The van der Waals surface area contributed by atoms with Crippen LogP contribution in [0.15, 0.2) is 36.8 Å². The molecule has 0 spiro atoms. The summed E-state index contributed by atoms with van der Waals surface area (Å²) in [6.07, 6.45) is 8.07. The first-order chi connectivity index (χ1) is 19.8. The predicted molar refractivity (Wildman–Crippen MR) is 174 cm³/mol. The second kappa shape index (κ2) is 13.3. The molecule has 0 radical (unpaired) electrons. The maximum Gasteiger partial charge on any atom is 0.162 e. The van der Waals surface area contributed by atoms with Crippen molar-refractivity contribution < 1.29 is 9.47 Å². The maximum atomic E-state index is 10.0. The van der Waals surface area contributed by atoms with E-state index < -0.39 is 6.10 Å². The minimum Gasteiger partial charge on any atom is -0.493 e. The highest BCUT2D eigenvalue weighted by Crippen LogP contribution is 2.41. The molecule has 228 valence electrons. The molecule has 2 fully saturated rings. The van der Waals surface area contributed by atoms with Crippen molar-refractivity contribution in [2.45, 2.75) is 44.8 Å². The van der Waals surface area contributed by atoms with Crippen LogP contribution < -0.4 is 19.7 Å². The van der Waals surface area contributed by atoms with Gasteiger partial charge < -0.3 is 19.7 Å². The first-order valence-corrected chi connectivity index (χ1v) is 14.5. The van der Waals surface area contributed by atoms with E-state index in [0.29, 0.717) is 44.2 Å². The molecule has 1 saturated heterocycles. The lowest BCUT2D eigenvalue weighted by Gasteiger charge is -2.51. The van der Waals surface area contributed by atoms with Crippen LogP contribution in [0, 0.1) is 17.2 Å². The molecule has 43 heavy (non-hydrogen) atoms. The Hall–Kier alpha value is -3.00. The van der Waals surface area contributed by atoms with E-state index in [0.717, 1.165) is 48.4 Å². The average molecular weight is 665 g/mol. The number of aromatic amines is 1. The Morgan fingerprint density at radius 1 is 1.14 bits per heavy atom. The summed E-state index contributed by atoms with van der Waals surface area (Å²) in [5.41, 5.74) is 3.40. The number of nitrogens with zero attached hydrogens (tertiary/aromatic N) is 5. The van der Waals surface area contributed by atoms with Gasteiger partial charge in [-0.15, -0.1) is 24.8 Å². The lowest BCUT2D eigenvalue weighted by molar-refractivity contribution is 0.216. The van der Waals surface area contributed by atoms with Crippen LogP contribution in [0.1, 0.15) is 50.3 Å². The fraction of sp³-hybridized carbons (Fsp3) is 0.400. The highest BCUT2D eigenvalue weighted by molar-refractivity contribution is 6.35. The molecule has 2 N–H and O–H groups in total. The summed E-state index contributed by atoms with van der Waals surface area (Å²) in [7, 11) is 1.58. The van der Waals surface area contributed by atoms with Crippen molar-refractivity contribution in [3.63, 3.8) is 0 Å². The number of methoxy groups -OCH3 is 1. The largest absolute Gasteiger partial charge is 0.493 e. The van der Waals surface area contributed by atoms with Crippen molar-refractivity contribution in [3.05, 3.63) is 58.0 Å². The quantitative estimate of drug-likeness (QED) is 0.184. The Balaban J connectivity index is 0.00000212. The van der Waals surface area contributed by atoms with Crippen LogP contribution in [0.4, 0.5) is 5.82 Å². The Labute approximate surface area is 273 Å². The Bertz CT molecular complexity index is 1630. The number of fused-ring (bicyclic) bond motifs is 1. The molecule has 4 heterocycles. The van der Waals surface area contributed by atoms with E-state index in [-0.39, 0.29) is 30.4 Å². The van der Waals surface area contributed by atoms with Crippen LogP contribution in [0.25, 0.3) is 22.2 Å². The number of ether oxygens (including phenoxy) is 2. The van der Waals surface area contributed by atoms with Gasteiger partial charge in [-0.1, -0.05) is 30.1 Å². The number of nitrogens with one attached hydrogen (secondary N) is 2. The first kappa shape index (κ1) is 32.9. The molecule has 1 saturated carbocycles. The molecule has 2 aliphatic rings. The third kappa shape index (κ3) is 6.45. The molecule has 1 atom stereocenters. The van der Waals surface area contributed by atoms with Crippen molar-refractivity contribution in [1.82, 2.24) is 25.5 Å². The number of pyridine rings is 2. The van der Waals surface area contributed by atoms with Crippen LogP contribution >= 0.6 is 48.0 Å². The highest BCUT2D eigenvalue weighted by atomic mass is 35.5. The number of nitriles is 1. The molecular formula is C30H33Cl4N7O2. The van der Waals surface area contributed by atoms with E-state index in [9.17, 15) is 5.26 Å². The van der Waals surface area contributed by atoms with E-state index in [4.69, 9.17) is 37.7 Å². The van der Waals surface area contributed by atoms with Gasteiger partial charge in [0.05, 0.1) is 33.8 Å². The Morgan fingerprint density at radius 3 is 2.49 bits per heavy atom. The zero-order valence-corrected chi connectivity index (χ0v) is 27.1. The Kier molecular flexibility index (Phi) is 10.2. The zero-order valence-electron chi connectivity index (χ0n) is 24.0. The standard InChI is InChI=1S/C30H31Cl2N7O2.2ClH/c1-4-30(36-11-18-5-6-18)15-39(16-30)29-19(10-33)7-20(12-35-29)28-21-8-26(25(40-3)9-24(21)37-38-28)41-17(2)27-22(31)13-34-14-23(27)32;;/h7-9,12-14,17-18,36H,4-6,11,15-16H2,1-3H3,(H,37,38);2*1H/t17-;;/m1../s1. The first-order valence-electron chi connectivity index (χ1n) is 13.8. The topological polar surface area (TPSA) is 112 Å². The van der Waals surface area contributed by atoms with Gasteiger partial charge in [0.2, 0.25) is 0 Å². The molecule has 0 unspecified atom stereocenters. The fourth-order valence-corrected chi connectivity index (χ4v) is 6.13. The van der Waals surface area contributed by atoms with Crippen LogP contribution in [0.5, 0.6) is 11.5 Å². The van der Waals surface area contributed by atoms with Gasteiger partial charge in [-0.3, -0.25) is 10.1 Å². The van der Waals surface area contributed by atoms with Gasteiger partial charge in [-0.25, -0.2) is 4.98 Å². The Morgan fingerprint density at radius 2 is 1.86 bits per heavy atom. The van der Waals surface area contributed by atoms with E-state index in [2.05, 4.69) is 38.4 Å². The SMILES string of the molecule is CCC1(NCC2CC2)CN(c2ncc(-c3n[nH]c4cc(OC)c(O[C@H](C)c5c(Cl)cncc5Cl)cc34)cc2C#N)C1.Cl.Cl. The van der Waals surface area contributed by atoms with Gasteiger partial charge in [0.15, 0.2) is 11.5 Å². The highest BCUT2D eigenvalue weighted by Gasteiger charge is 2.43. The van der Waals surface area contributed by atoms with Gasteiger partial charge in [0.25, 0.3) is 0 Å². The van der Waals surface area contributed by atoms with E-state index >= 15 is 0 Å². The number of anilines is 1. The summed E-state index contributed by atoms with van der Waals surface area (Å²) in [5, 5.41) is 23.1. The van der Waals surface area contributed by atoms with Gasteiger partial charge in [0, 0.05) is 54.3 Å². The number of aromatic nitrogens is 4. The maximum absolute atomic E-state index is 10.0. The van der Waals surface area contributed by atoms with Crippen molar-refractivity contribution in [3.8, 4) is 28.8 Å². The second-order valence-corrected chi connectivity index (χ2v) is 11.7. The summed E-state index contributed by atoms with van der Waals surface area (Å²) < 4.78 is 11.9. The lowest BCUT2D eigenvalue weighted by atomic mass is 9.86. The van der Waals surface area contributed by atoms with Crippen LogP contribution in [0.2, 0.25) is 10.0 Å². The number of halogens is 4. The van der Waals surface area contributed by atoms with Crippen molar-refractivity contribution in [2.75, 3.05) is 31.6 Å². The summed E-state index contributed by atoms with van der Waals surface area (Å²) in [5.74, 6) is 2.56. The second-order valence-electron chi connectivity index (χ2n) is 10.9. The number of hydrogen-bond acceptors (Lipinski definition) is 8. The van der Waals surface area contributed by atoms with Gasteiger partial charge >= 0.3 is 0 Å². The monoisotopic (exact) mass is 663 g/mol. The number of benzene rings is 1. The van der Waals surface area contributed by atoms with Crippen molar-refractivity contribution >= 4 is 64.7 Å². The molecule has 13 heteroatoms. The van der Waals surface area contributed by atoms with Crippen molar-refractivity contribution in [1.29, 1.82) is 5.26 Å². The van der Waals surface area contributed by atoms with Gasteiger partial charge in [0.1, 0.15) is 23.7 Å². The molecule has 6 rings (SSSR count). The molecule has 1 aliphatic heterocycles. The molecule has 1 aliphatic carbocycles. The van der Waals surface area contributed by atoms with Gasteiger partial charge in [-0.05, 0) is 50.8 Å². The van der Waals surface area contributed by atoms with Crippen LogP contribution in [-0.2, 0) is 0 Å². The molecule has 9 nitrogen and oxygen atoms in total. The van der Waals surface area contributed by atoms with E-state index in [1.165, 1.54) is 25.2 Å². The molecule has 3 aromatic heterocycles. The van der Waals surface area contributed by atoms with E-state index in [1.807, 2.05) is 25.1 Å². The molecule has 0 amide bonds. The third-order valence-electron chi connectivity index (χ3n) is 8.13. The lowest BCUT2D eigenvalue weighted by Crippen LogP contribution is -2.69. The van der Waals surface area contributed by atoms with Crippen LogP contribution in [-0.4, -0.2) is 52.4 Å². The van der Waals surface area contributed by atoms with Crippen LogP contribution in [0.3, 0.4) is 0 Å². The summed E-state index contributed by atoms with van der Waals surface area (Å²) in [6.45, 7) is 6.83. The number of rotatable bonds is 10. The summed E-state index contributed by atoms with van der Waals surface area (Å²) >= 11 is 12.7. The smallest absolute Gasteiger partial charge is 0.162 e. The summed E-state index contributed by atoms with van der Waals surface area (Å²) in [6, 6.07) is 7.89. The normalized spacial score (nSPS) is 16.0. The summed E-state index contributed by atoms with van der Waals surface area (Å²) in [4.78, 5) is 10.9. The molecule has 0 bridgehead atoms. The molecule has 1 aromatic carbocycles. The zero-order chi connectivity index (χ0) is 28.7. The average Bonchev–Trinajstić information content (AvgIpc) is 3.69. The number of H-pyrrole nitrogens is 1.